The molecule has 2 N–H and O–H groups in total. The van der Waals surface area contributed by atoms with Crippen molar-refractivity contribution in [2.24, 2.45) is 7.05 Å². The Morgan fingerprint density at radius 3 is 2.18 bits per heavy atom. The van der Waals surface area contributed by atoms with Crippen LogP contribution in [-0.4, -0.2) is 13.7 Å². The number of aromatic nitrogens is 3. The number of benzene rings is 2. The molecule has 0 bridgehead atoms. The van der Waals surface area contributed by atoms with Crippen molar-refractivity contribution in [2.75, 3.05) is 5.73 Å². The molecule has 0 atom stereocenters. The first-order valence-corrected chi connectivity index (χ1v) is 12.9. The van der Waals surface area contributed by atoms with E-state index in [9.17, 15) is 14.4 Å². The van der Waals surface area contributed by atoms with Crippen LogP contribution in [0.15, 0.2) is 56.8 Å². The lowest BCUT2D eigenvalue weighted by molar-refractivity contribution is 0.480. The maximum absolute atomic E-state index is 15.1. The highest BCUT2D eigenvalue weighted by Gasteiger charge is 2.32. The van der Waals surface area contributed by atoms with Gasteiger partial charge in [0.2, 0.25) is 0 Å². The fraction of sp³-hybridized carbons (Fsp3) is 0.345. The first-order chi connectivity index (χ1) is 18.2. The SMILES string of the molecule is CC.CC.Cc1ccc(-n2c(=O)n(C3CC3)c(=O)c3c(Oc4cccc(N)c4)c(C)c(=O)n(C)c32)c(F)c1. The first-order valence-electron chi connectivity index (χ1n) is 12.9. The van der Waals surface area contributed by atoms with Gasteiger partial charge in [0.05, 0.1) is 11.3 Å². The lowest BCUT2D eigenvalue weighted by Crippen LogP contribution is -2.41. The van der Waals surface area contributed by atoms with Gasteiger partial charge in [-0.05, 0) is 56.5 Å². The van der Waals surface area contributed by atoms with Gasteiger partial charge in [0.25, 0.3) is 11.1 Å². The Hall–Kier alpha value is -4.14. The van der Waals surface area contributed by atoms with E-state index in [4.69, 9.17) is 10.5 Å². The number of pyridine rings is 1. The number of nitrogen functional groups attached to an aromatic ring is 1. The number of aryl methyl sites for hydroxylation is 2. The van der Waals surface area contributed by atoms with Crippen molar-refractivity contribution in [3.05, 3.63) is 90.6 Å². The summed E-state index contributed by atoms with van der Waals surface area (Å²) in [6.07, 6.45) is 1.32. The average molecular weight is 523 g/mol. The first kappa shape index (κ1) is 28.4. The molecule has 0 unspecified atom stereocenters. The van der Waals surface area contributed by atoms with Gasteiger partial charge in [-0.1, -0.05) is 39.8 Å². The molecule has 1 aliphatic rings. The predicted octanol–water partition coefficient (Wildman–Crippen LogP) is 5.37. The second kappa shape index (κ2) is 11.5. The molecular weight excluding hydrogens is 487 g/mol. The maximum Gasteiger partial charge on any atom is 0.337 e. The number of nitrogens with zero attached hydrogens (tertiary/aromatic N) is 3. The van der Waals surface area contributed by atoms with Gasteiger partial charge in [-0.25, -0.2) is 13.8 Å². The van der Waals surface area contributed by atoms with Crippen molar-refractivity contribution in [2.45, 2.75) is 60.4 Å². The Kier molecular flexibility index (Phi) is 8.60. The Balaban J connectivity index is 0.000000956. The Bertz CT molecular complexity index is 1660. The highest BCUT2D eigenvalue weighted by Crippen LogP contribution is 2.35. The zero-order chi connectivity index (χ0) is 28.3. The van der Waals surface area contributed by atoms with Gasteiger partial charge in [0, 0.05) is 24.8 Å². The van der Waals surface area contributed by atoms with E-state index in [0.29, 0.717) is 29.8 Å². The fourth-order valence-corrected chi connectivity index (χ4v) is 4.25. The Morgan fingerprint density at radius 1 is 0.947 bits per heavy atom. The van der Waals surface area contributed by atoms with Crippen LogP contribution in [-0.2, 0) is 7.05 Å². The fourth-order valence-electron chi connectivity index (χ4n) is 4.25. The molecule has 2 aromatic carbocycles. The summed E-state index contributed by atoms with van der Waals surface area (Å²) in [5.41, 5.74) is 5.32. The number of hydrogen-bond acceptors (Lipinski definition) is 5. The minimum atomic E-state index is -0.698. The lowest BCUT2D eigenvalue weighted by atomic mass is 10.1. The standard InChI is InChI=1S/C25H23FN4O4.2C2H6/c1-13-7-10-19(18(26)11-13)30-22-20(24(32)29(25(30)33)16-8-9-16)21(14(2)23(31)28(22)3)34-17-6-4-5-15(27)12-17;2*1-2/h4-7,10-12,16H,8-9,27H2,1-3H3;2*1-2H3. The summed E-state index contributed by atoms with van der Waals surface area (Å²) in [6.45, 7) is 11.3. The molecule has 4 aromatic rings. The number of nitrogens with two attached hydrogens (primary N) is 1. The predicted molar refractivity (Wildman–Crippen MR) is 150 cm³/mol. The number of fused-ring (bicyclic) bond motifs is 1. The zero-order valence-corrected chi connectivity index (χ0v) is 23.0. The van der Waals surface area contributed by atoms with Crippen LogP contribution < -0.4 is 27.3 Å². The molecule has 0 spiro atoms. The molecule has 1 aliphatic carbocycles. The second-order valence-electron chi connectivity index (χ2n) is 8.67. The minimum absolute atomic E-state index is 0.0179. The molecule has 5 rings (SSSR count). The summed E-state index contributed by atoms with van der Waals surface area (Å²) >= 11 is 0. The van der Waals surface area contributed by atoms with Gasteiger partial charge in [-0.3, -0.25) is 18.7 Å². The summed E-state index contributed by atoms with van der Waals surface area (Å²) in [7, 11) is 1.45. The van der Waals surface area contributed by atoms with E-state index in [1.54, 1.807) is 44.2 Å². The molecule has 1 saturated carbocycles. The van der Waals surface area contributed by atoms with E-state index >= 15 is 4.39 Å². The Morgan fingerprint density at radius 2 is 1.61 bits per heavy atom. The monoisotopic (exact) mass is 522 g/mol. The summed E-state index contributed by atoms with van der Waals surface area (Å²) in [6, 6.07) is 10.7. The Labute approximate surface area is 220 Å². The second-order valence-corrected chi connectivity index (χ2v) is 8.67. The van der Waals surface area contributed by atoms with Crippen LogP contribution >= 0.6 is 0 Å². The van der Waals surface area contributed by atoms with Crippen molar-refractivity contribution >= 4 is 16.7 Å². The molecule has 0 aliphatic heterocycles. The van der Waals surface area contributed by atoms with E-state index in [1.807, 2.05) is 27.7 Å². The number of hydrogen-bond donors (Lipinski definition) is 1. The van der Waals surface area contributed by atoms with Crippen LogP contribution in [0.1, 0.15) is 57.7 Å². The van der Waals surface area contributed by atoms with Crippen LogP contribution in [0.5, 0.6) is 11.5 Å². The van der Waals surface area contributed by atoms with Crippen LogP contribution in [0.2, 0.25) is 0 Å². The summed E-state index contributed by atoms with van der Waals surface area (Å²) < 4.78 is 24.6. The third-order valence-corrected chi connectivity index (χ3v) is 6.11. The smallest absolute Gasteiger partial charge is 0.337 e. The molecule has 0 amide bonds. The molecular formula is C29H35FN4O4. The molecule has 0 radical (unpaired) electrons. The normalized spacial score (nSPS) is 12.3. The van der Waals surface area contributed by atoms with Crippen molar-refractivity contribution in [1.29, 1.82) is 0 Å². The summed E-state index contributed by atoms with van der Waals surface area (Å²) in [4.78, 5) is 40.4. The van der Waals surface area contributed by atoms with Crippen LogP contribution in [0.3, 0.4) is 0 Å². The summed E-state index contributed by atoms with van der Waals surface area (Å²) in [5.74, 6) is -0.297. The average Bonchev–Trinajstić information content (AvgIpc) is 3.74. The number of rotatable bonds is 4. The van der Waals surface area contributed by atoms with Crippen molar-refractivity contribution in [3.8, 4) is 17.2 Å². The zero-order valence-electron chi connectivity index (χ0n) is 23.0. The number of ether oxygens (including phenoxy) is 1. The summed E-state index contributed by atoms with van der Waals surface area (Å²) in [5, 5.41) is 0.0218. The van der Waals surface area contributed by atoms with Crippen molar-refractivity contribution in [3.63, 3.8) is 0 Å². The van der Waals surface area contributed by atoms with Gasteiger partial charge in [-0.15, -0.1) is 0 Å². The quantitative estimate of drug-likeness (QED) is 0.363. The molecule has 8 nitrogen and oxygen atoms in total. The van der Waals surface area contributed by atoms with E-state index < -0.39 is 22.6 Å². The molecule has 202 valence electrons. The van der Waals surface area contributed by atoms with E-state index in [-0.39, 0.29) is 34.1 Å². The molecule has 1 fully saturated rings. The molecule has 0 saturated heterocycles. The van der Waals surface area contributed by atoms with Gasteiger partial charge >= 0.3 is 5.69 Å². The molecule has 2 heterocycles. The van der Waals surface area contributed by atoms with Gasteiger partial charge in [0.1, 0.15) is 22.6 Å². The van der Waals surface area contributed by atoms with Gasteiger partial charge < -0.3 is 10.5 Å². The van der Waals surface area contributed by atoms with Crippen molar-refractivity contribution < 1.29 is 9.13 Å². The van der Waals surface area contributed by atoms with Crippen molar-refractivity contribution in [1.82, 2.24) is 13.7 Å². The lowest BCUT2D eigenvalue weighted by Gasteiger charge is -2.20. The van der Waals surface area contributed by atoms with E-state index in [0.717, 1.165) is 9.13 Å². The van der Waals surface area contributed by atoms with Crippen LogP contribution in [0.25, 0.3) is 16.7 Å². The highest BCUT2D eigenvalue weighted by atomic mass is 19.1. The topological polar surface area (TPSA) is 101 Å². The molecule has 38 heavy (non-hydrogen) atoms. The van der Waals surface area contributed by atoms with Gasteiger partial charge in [0.15, 0.2) is 5.75 Å². The minimum Gasteiger partial charge on any atom is -0.456 e. The van der Waals surface area contributed by atoms with E-state index in [1.165, 1.54) is 23.7 Å². The van der Waals surface area contributed by atoms with Gasteiger partial charge in [-0.2, -0.15) is 0 Å². The molecule has 9 heteroatoms. The van der Waals surface area contributed by atoms with Crippen LogP contribution in [0.4, 0.5) is 10.1 Å². The largest absolute Gasteiger partial charge is 0.456 e. The highest BCUT2D eigenvalue weighted by molar-refractivity contribution is 5.85. The van der Waals surface area contributed by atoms with E-state index in [2.05, 4.69) is 0 Å². The van der Waals surface area contributed by atoms with Crippen LogP contribution in [0, 0.1) is 19.7 Å². The molecule has 2 aromatic heterocycles. The maximum atomic E-state index is 15.1. The number of halogens is 1. The third kappa shape index (κ3) is 5.01. The number of anilines is 1. The third-order valence-electron chi connectivity index (χ3n) is 6.11.